The summed E-state index contributed by atoms with van der Waals surface area (Å²) in [6, 6.07) is 8.85. The number of Topliss-reactive ketones (excluding diaryl/α,β-unsaturated/α-hetero) is 1. The van der Waals surface area contributed by atoms with Crippen molar-refractivity contribution < 1.29 is 4.79 Å². The molecule has 0 aliphatic heterocycles. The molecule has 2 rings (SSSR count). The lowest BCUT2D eigenvalue weighted by molar-refractivity contribution is -0.114. The molecule has 0 saturated carbocycles. The molecule has 25 heavy (non-hydrogen) atoms. The van der Waals surface area contributed by atoms with Gasteiger partial charge in [0, 0.05) is 6.42 Å². The number of hydrogen-bond acceptors (Lipinski definition) is 1. The van der Waals surface area contributed by atoms with Crippen LogP contribution in [0.3, 0.4) is 0 Å². The van der Waals surface area contributed by atoms with Crippen LogP contribution < -0.4 is 0 Å². The molecule has 1 aromatic rings. The van der Waals surface area contributed by atoms with E-state index in [-0.39, 0.29) is 11.2 Å². The number of rotatable bonds is 1. The lowest BCUT2D eigenvalue weighted by Crippen LogP contribution is -2.10. The number of ketones is 1. The second-order valence-corrected chi connectivity index (χ2v) is 6.55. The summed E-state index contributed by atoms with van der Waals surface area (Å²) in [5.74, 6) is 0.167. The van der Waals surface area contributed by atoms with Gasteiger partial charge in [-0.3, -0.25) is 0 Å². The first kappa shape index (κ1) is 28.2. The smallest absolute Gasteiger partial charge is 0.126 e. The fourth-order valence-corrected chi connectivity index (χ4v) is 1.56. The van der Waals surface area contributed by atoms with Crippen molar-refractivity contribution >= 4 is 5.78 Å². The molecule has 1 aromatic carbocycles. The van der Waals surface area contributed by atoms with Crippen LogP contribution in [-0.4, -0.2) is 5.78 Å². The molecule has 0 radical (unpaired) electrons. The Balaban J connectivity index is -0.000000309. The van der Waals surface area contributed by atoms with Crippen LogP contribution in [0.4, 0.5) is 0 Å². The minimum Gasteiger partial charge on any atom is -0.300 e. The first-order chi connectivity index (χ1) is 11.7. The first-order valence-electron chi connectivity index (χ1n) is 9.64. The molecule has 1 aliphatic carbocycles. The second-order valence-electron chi connectivity index (χ2n) is 6.55. The van der Waals surface area contributed by atoms with Crippen molar-refractivity contribution in [1.29, 1.82) is 0 Å². The molecule has 0 unspecified atom stereocenters. The standard InChI is InChI=1S/C12H18.C5H6.C3H6O.2C2H6/c1-5-10-7-6-8-11(9-10)12(2,3)4;1-5-3-2-4-5;1-3(2)4;2*1-2/h6-9H,5H2,1-4H3;2H,3H2,1H3;1-2H3;2*1-2H3. The maximum atomic E-state index is 9.44. The molecule has 0 spiro atoms. The monoisotopic (exact) mass is 346 g/mol. The average molecular weight is 347 g/mol. The van der Waals surface area contributed by atoms with E-state index < -0.39 is 0 Å². The summed E-state index contributed by atoms with van der Waals surface area (Å²) in [6.45, 7) is 22.1. The molecule has 0 heterocycles. The van der Waals surface area contributed by atoms with Gasteiger partial charge >= 0.3 is 0 Å². The van der Waals surface area contributed by atoms with E-state index in [4.69, 9.17) is 0 Å². The van der Waals surface area contributed by atoms with Crippen LogP contribution in [0.15, 0.2) is 41.6 Å². The van der Waals surface area contributed by atoms with Crippen molar-refractivity contribution in [3.8, 4) is 0 Å². The largest absolute Gasteiger partial charge is 0.300 e. The van der Waals surface area contributed by atoms with E-state index in [1.165, 1.54) is 37.0 Å². The van der Waals surface area contributed by atoms with Crippen molar-refractivity contribution in [2.24, 2.45) is 0 Å². The van der Waals surface area contributed by atoms with Gasteiger partial charge < -0.3 is 4.79 Å². The van der Waals surface area contributed by atoms with Gasteiger partial charge in [0.15, 0.2) is 0 Å². The van der Waals surface area contributed by atoms with Crippen molar-refractivity contribution in [2.45, 2.75) is 94.4 Å². The molecule has 0 bridgehead atoms. The van der Waals surface area contributed by atoms with Crippen LogP contribution in [0.25, 0.3) is 0 Å². The van der Waals surface area contributed by atoms with Crippen LogP contribution in [0.2, 0.25) is 0 Å². The second kappa shape index (κ2) is 17.2. The van der Waals surface area contributed by atoms with Crippen LogP contribution >= 0.6 is 0 Å². The molecule has 0 atom stereocenters. The molecule has 0 aromatic heterocycles. The maximum absolute atomic E-state index is 9.44. The zero-order chi connectivity index (χ0) is 20.5. The molecule has 0 amide bonds. The molecular formula is C24H42O. The number of hydrogen-bond donors (Lipinski definition) is 0. The fraction of sp³-hybridized carbons (Fsp3) is 0.583. The third-order valence-electron chi connectivity index (χ3n) is 2.96. The minimum atomic E-state index is 0.167. The van der Waals surface area contributed by atoms with Crippen molar-refractivity contribution in [3.63, 3.8) is 0 Å². The zero-order valence-corrected chi connectivity index (χ0v) is 18.7. The molecule has 1 nitrogen and oxygen atoms in total. The summed E-state index contributed by atoms with van der Waals surface area (Å²) in [4.78, 5) is 9.44. The summed E-state index contributed by atoms with van der Waals surface area (Å²) >= 11 is 0. The Kier molecular flexibility index (Phi) is 19.5. The lowest BCUT2D eigenvalue weighted by atomic mass is 9.86. The van der Waals surface area contributed by atoms with Crippen LogP contribution in [-0.2, 0) is 16.6 Å². The number of aryl methyl sites for hydroxylation is 1. The highest BCUT2D eigenvalue weighted by Gasteiger charge is 2.12. The Labute approximate surface area is 158 Å². The van der Waals surface area contributed by atoms with Crippen LogP contribution in [0.5, 0.6) is 0 Å². The van der Waals surface area contributed by atoms with Gasteiger partial charge in [-0.25, -0.2) is 0 Å². The molecular weight excluding hydrogens is 304 g/mol. The van der Waals surface area contributed by atoms with Gasteiger partial charge in [0.05, 0.1) is 0 Å². The Bertz CT molecular complexity index is 505. The Morgan fingerprint density at radius 2 is 1.48 bits per heavy atom. The van der Waals surface area contributed by atoms with Gasteiger partial charge in [0.1, 0.15) is 5.78 Å². The molecule has 1 heteroatoms. The third-order valence-corrected chi connectivity index (χ3v) is 2.96. The van der Waals surface area contributed by atoms with Gasteiger partial charge in [-0.2, -0.15) is 0 Å². The molecule has 144 valence electrons. The highest BCUT2D eigenvalue weighted by Crippen LogP contribution is 2.22. The summed E-state index contributed by atoms with van der Waals surface area (Å²) in [5.41, 5.74) is 7.53. The highest BCUT2D eigenvalue weighted by molar-refractivity contribution is 5.72. The van der Waals surface area contributed by atoms with Gasteiger partial charge in [-0.15, -0.1) is 5.73 Å². The van der Waals surface area contributed by atoms with E-state index in [9.17, 15) is 4.79 Å². The normalized spacial score (nSPS) is 10.6. The minimum absolute atomic E-state index is 0.167. The maximum Gasteiger partial charge on any atom is 0.126 e. The van der Waals surface area contributed by atoms with Crippen LogP contribution in [0.1, 0.15) is 93.7 Å². The van der Waals surface area contributed by atoms with E-state index in [0.717, 1.165) is 6.42 Å². The summed E-state index contributed by atoms with van der Waals surface area (Å²) < 4.78 is 0. The number of carbonyl (C=O) groups excluding carboxylic acids is 1. The van der Waals surface area contributed by atoms with Gasteiger partial charge in [-0.1, -0.05) is 79.7 Å². The van der Waals surface area contributed by atoms with Crippen molar-refractivity contribution in [3.05, 3.63) is 52.8 Å². The first-order valence-corrected chi connectivity index (χ1v) is 9.64. The molecule has 0 fully saturated rings. The average Bonchev–Trinajstić information content (AvgIpc) is 2.56. The predicted molar refractivity (Wildman–Crippen MR) is 115 cm³/mol. The highest BCUT2D eigenvalue weighted by atomic mass is 16.1. The summed E-state index contributed by atoms with van der Waals surface area (Å²) in [5, 5.41) is 0. The molecule has 0 N–H and O–H groups in total. The van der Waals surface area contributed by atoms with Gasteiger partial charge in [0.2, 0.25) is 0 Å². The topological polar surface area (TPSA) is 17.1 Å². The van der Waals surface area contributed by atoms with Crippen LogP contribution in [0, 0.1) is 0 Å². The van der Waals surface area contributed by atoms with E-state index in [2.05, 4.69) is 64.6 Å². The van der Waals surface area contributed by atoms with Gasteiger partial charge in [-0.05, 0) is 55.4 Å². The van der Waals surface area contributed by atoms with Crippen molar-refractivity contribution in [1.82, 2.24) is 0 Å². The summed E-state index contributed by atoms with van der Waals surface area (Å²) in [6.07, 6.45) is 4.33. The summed E-state index contributed by atoms with van der Waals surface area (Å²) in [7, 11) is 0. The van der Waals surface area contributed by atoms with E-state index in [1.54, 1.807) is 0 Å². The number of carbonyl (C=O) groups is 1. The Hall–Kier alpha value is -1.59. The lowest BCUT2D eigenvalue weighted by Gasteiger charge is -2.19. The third kappa shape index (κ3) is 18.6. The quantitative estimate of drug-likeness (QED) is 0.476. The zero-order valence-electron chi connectivity index (χ0n) is 18.7. The number of allylic oxidation sites excluding steroid dienone is 1. The SMILES string of the molecule is CC.CC.CC(C)=O.CC1=C=CC1.CCc1cccc(C(C)(C)C)c1. The predicted octanol–water partition coefficient (Wildman–Crippen LogP) is 7.69. The fourth-order valence-electron chi connectivity index (χ4n) is 1.56. The molecule has 0 saturated heterocycles. The van der Waals surface area contributed by atoms with Crippen molar-refractivity contribution in [2.75, 3.05) is 0 Å². The van der Waals surface area contributed by atoms with E-state index >= 15 is 0 Å². The van der Waals surface area contributed by atoms with Gasteiger partial charge in [0.25, 0.3) is 0 Å². The molecule has 1 aliphatic rings. The Morgan fingerprint density at radius 1 is 1.08 bits per heavy atom. The Morgan fingerprint density at radius 3 is 1.72 bits per heavy atom. The van der Waals surface area contributed by atoms with E-state index in [0.29, 0.717) is 0 Å². The van der Waals surface area contributed by atoms with E-state index in [1.807, 2.05) is 33.8 Å². The number of benzene rings is 1.